The molecule has 0 bridgehead atoms. The molecule has 0 unspecified atom stereocenters. The second-order valence-electron chi connectivity index (χ2n) is 4.42. The molecule has 1 aromatic heterocycles. The van der Waals surface area contributed by atoms with Crippen molar-refractivity contribution in [1.29, 1.82) is 0 Å². The number of ether oxygens (including phenoxy) is 1. The minimum absolute atomic E-state index is 0.0801. The summed E-state index contributed by atoms with van der Waals surface area (Å²) in [4.78, 5) is 22.3. The summed E-state index contributed by atoms with van der Waals surface area (Å²) < 4.78 is 5.31. The van der Waals surface area contributed by atoms with Gasteiger partial charge in [-0.15, -0.1) is 0 Å². The molecule has 1 aliphatic rings. The predicted molar refractivity (Wildman–Crippen MR) is 76.1 cm³/mol. The zero-order chi connectivity index (χ0) is 14.1. The SMILES string of the molecule is COc1cc2c(Cl)ncnc2cc1C(=O)N1CC=CC1. The molecule has 1 aromatic carbocycles. The number of benzene rings is 1. The minimum Gasteiger partial charge on any atom is -0.496 e. The highest BCUT2D eigenvalue weighted by atomic mass is 35.5. The first-order valence-corrected chi connectivity index (χ1v) is 6.51. The number of nitrogens with zero attached hydrogens (tertiary/aromatic N) is 3. The van der Waals surface area contributed by atoms with Crippen molar-refractivity contribution in [2.45, 2.75) is 0 Å². The van der Waals surface area contributed by atoms with Crippen LogP contribution in [0.15, 0.2) is 30.6 Å². The Morgan fingerprint density at radius 3 is 2.75 bits per heavy atom. The van der Waals surface area contributed by atoms with Gasteiger partial charge in [0.2, 0.25) is 0 Å². The monoisotopic (exact) mass is 289 g/mol. The third-order valence-corrected chi connectivity index (χ3v) is 3.55. The van der Waals surface area contributed by atoms with E-state index in [1.54, 1.807) is 17.0 Å². The Hall–Kier alpha value is -2.14. The maximum Gasteiger partial charge on any atom is 0.258 e. The largest absolute Gasteiger partial charge is 0.496 e. The Bertz CT molecular complexity index is 707. The number of carbonyl (C=O) groups excluding carboxylic acids is 1. The van der Waals surface area contributed by atoms with E-state index < -0.39 is 0 Å². The number of hydrogen-bond acceptors (Lipinski definition) is 4. The van der Waals surface area contributed by atoms with Crippen LogP contribution in [0.3, 0.4) is 0 Å². The number of carbonyl (C=O) groups is 1. The van der Waals surface area contributed by atoms with Crippen molar-refractivity contribution in [3.05, 3.63) is 41.3 Å². The summed E-state index contributed by atoms with van der Waals surface area (Å²) in [6.07, 6.45) is 5.30. The second-order valence-corrected chi connectivity index (χ2v) is 4.77. The fraction of sp³-hybridized carbons (Fsp3) is 0.214. The third kappa shape index (κ3) is 2.10. The van der Waals surface area contributed by atoms with E-state index in [0.717, 1.165) is 0 Å². The summed E-state index contributed by atoms with van der Waals surface area (Å²) >= 11 is 6.03. The van der Waals surface area contributed by atoms with Crippen LogP contribution in [0.2, 0.25) is 5.15 Å². The molecule has 0 saturated heterocycles. The molecule has 0 atom stereocenters. The summed E-state index contributed by atoms with van der Waals surface area (Å²) in [6.45, 7) is 1.23. The Balaban J connectivity index is 2.12. The first-order valence-electron chi connectivity index (χ1n) is 6.13. The molecule has 0 saturated carbocycles. The average Bonchev–Trinajstić information content (AvgIpc) is 3.00. The van der Waals surface area contributed by atoms with Gasteiger partial charge in [-0.3, -0.25) is 4.79 Å². The number of aromatic nitrogens is 2. The third-order valence-electron chi connectivity index (χ3n) is 3.24. The van der Waals surface area contributed by atoms with Gasteiger partial charge in [0.1, 0.15) is 17.2 Å². The van der Waals surface area contributed by atoms with Crippen LogP contribution in [0.5, 0.6) is 5.75 Å². The van der Waals surface area contributed by atoms with Gasteiger partial charge in [0, 0.05) is 18.5 Å². The van der Waals surface area contributed by atoms with Crippen molar-refractivity contribution in [3.63, 3.8) is 0 Å². The summed E-state index contributed by atoms with van der Waals surface area (Å²) in [7, 11) is 1.53. The molecule has 2 aromatic rings. The molecule has 3 rings (SSSR count). The topological polar surface area (TPSA) is 55.3 Å². The molecule has 2 heterocycles. The summed E-state index contributed by atoms with van der Waals surface area (Å²) in [6, 6.07) is 3.40. The van der Waals surface area contributed by atoms with Crippen molar-refractivity contribution in [2.75, 3.05) is 20.2 Å². The normalized spacial score (nSPS) is 14.0. The van der Waals surface area contributed by atoms with Gasteiger partial charge < -0.3 is 9.64 Å². The van der Waals surface area contributed by atoms with Gasteiger partial charge in [-0.05, 0) is 12.1 Å². The van der Waals surface area contributed by atoms with Crippen LogP contribution in [-0.2, 0) is 0 Å². The standard InChI is InChI=1S/C14H12ClN3O2/c1-20-12-7-9-11(16-8-17-13(9)15)6-10(12)14(19)18-4-2-3-5-18/h2-3,6-8H,4-5H2,1H3. The van der Waals surface area contributed by atoms with Crippen LogP contribution in [0.4, 0.5) is 0 Å². The fourth-order valence-electron chi connectivity index (χ4n) is 2.20. The zero-order valence-corrected chi connectivity index (χ0v) is 11.6. The Labute approximate surface area is 120 Å². The molecular formula is C14H12ClN3O2. The number of halogens is 1. The molecule has 0 aliphatic carbocycles. The molecule has 6 heteroatoms. The number of amides is 1. The number of fused-ring (bicyclic) bond motifs is 1. The Morgan fingerprint density at radius 1 is 1.30 bits per heavy atom. The molecule has 1 aliphatic heterocycles. The van der Waals surface area contributed by atoms with E-state index in [2.05, 4.69) is 9.97 Å². The quantitative estimate of drug-likeness (QED) is 0.629. The van der Waals surface area contributed by atoms with Gasteiger partial charge in [0.15, 0.2) is 0 Å². The van der Waals surface area contributed by atoms with Gasteiger partial charge in [0.05, 0.1) is 18.2 Å². The molecule has 102 valence electrons. The first kappa shape index (κ1) is 12.9. The van der Waals surface area contributed by atoms with Crippen molar-refractivity contribution >= 4 is 28.4 Å². The van der Waals surface area contributed by atoms with Crippen LogP contribution in [0.25, 0.3) is 10.9 Å². The summed E-state index contributed by atoms with van der Waals surface area (Å²) in [5.41, 5.74) is 1.11. The van der Waals surface area contributed by atoms with Crippen LogP contribution >= 0.6 is 11.6 Å². The molecule has 20 heavy (non-hydrogen) atoms. The molecule has 0 spiro atoms. The van der Waals surface area contributed by atoms with Crippen LogP contribution in [0, 0.1) is 0 Å². The molecular weight excluding hydrogens is 278 g/mol. The van der Waals surface area contributed by atoms with E-state index in [1.807, 2.05) is 12.2 Å². The molecule has 0 fully saturated rings. The van der Waals surface area contributed by atoms with E-state index in [-0.39, 0.29) is 5.91 Å². The lowest BCUT2D eigenvalue weighted by atomic mass is 10.1. The molecule has 5 nitrogen and oxygen atoms in total. The first-order chi connectivity index (χ1) is 9.70. The fourth-order valence-corrected chi connectivity index (χ4v) is 2.40. The summed E-state index contributed by atoms with van der Waals surface area (Å²) in [5.74, 6) is 0.398. The van der Waals surface area contributed by atoms with Crippen molar-refractivity contribution < 1.29 is 9.53 Å². The summed E-state index contributed by atoms with van der Waals surface area (Å²) in [5, 5.41) is 1.01. The highest BCUT2D eigenvalue weighted by molar-refractivity contribution is 6.34. The van der Waals surface area contributed by atoms with E-state index in [9.17, 15) is 4.79 Å². The lowest BCUT2D eigenvalue weighted by molar-refractivity contribution is 0.0797. The highest BCUT2D eigenvalue weighted by Crippen LogP contribution is 2.29. The van der Waals surface area contributed by atoms with E-state index in [1.165, 1.54) is 13.4 Å². The molecule has 0 N–H and O–H groups in total. The predicted octanol–water partition coefficient (Wildman–Crippen LogP) is 2.30. The van der Waals surface area contributed by atoms with E-state index in [4.69, 9.17) is 16.3 Å². The van der Waals surface area contributed by atoms with Crippen LogP contribution < -0.4 is 4.74 Å². The van der Waals surface area contributed by atoms with Crippen molar-refractivity contribution in [1.82, 2.24) is 14.9 Å². The lowest BCUT2D eigenvalue weighted by Crippen LogP contribution is -2.28. The van der Waals surface area contributed by atoms with Crippen molar-refractivity contribution in [3.8, 4) is 5.75 Å². The minimum atomic E-state index is -0.0801. The lowest BCUT2D eigenvalue weighted by Gasteiger charge is -2.17. The molecule has 0 radical (unpaired) electrons. The van der Waals surface area contributed by atoms with E-state index in [0.29, 0.717) is 40.5 Å². The number of methoxy groups -OCH3 is 1. The number of rotatable bonds is 2. The van der Waals surface area contributed by atoms with Crippen molar-refractivity contribution in [2.24, 2.45) is 0 Å². The molecule has 1 amide bonds. The second kappa shape index (κ2) is 5.09. The van der Waals surface area contributed by atoms with Gasteiger partial charge in [0.25, 0.3) is 5.91 Å². The Morgan fingerprint density at radius 2 is 2.05 bits per heavy atom. The maximum atomic E-state index is 12.5. The van der Waals surface area contributed by atoms with E-state index >= 15 is 0 Å². The van der Waals surface area contributed by atoms with Gasteiger partial charge in [-0.1, -0.05) is 23.8 Å². The maximum absolute atomic E-state index is 12.5. The van der Waals surface area contributed by atoms with Gasteiger partial charge in [-0.25, -0.2) is 9.97 Å². The van der Waals surface area contributed by atoms with Gasteiger partial charge >= 0.3 is 0 Å². The number of hydrogen-bond donors (Lipinski definition) is 0. The van der Waals surface area contributed by atoms with Crippen LogP contribution in [-0.4, -0.2) is 41.0 Å². The van der Waals surface area contributed by atoms with Gasteiger partial charge in [-0.2, -0.15) is 0 Å². The zero-order valence-electron chi connectivity index (χ0n) is 10.8. The van der Waals surface area contributed by atoms with Crippen LogP contribution in [0.1, 0.15) is 10.4 Å². The average molecular weight is 290 g/mol. The highest BCUT2D eigenvalue weighted by Gasteiger charge is 2.21. The smallest absolute Gasteiger partial charge is 0.258 e. The Kier molecular flexibility index (Phi) is 3.28.